The van der Waals surface area contributed by atoms with Crippen LogP contribution < -0.4 is 0 Å². The Balaban J connectivity index is 1.51. The summed E-state index contributed by atoms with van der Waals surface area (Å²) in [6, 6.07) is 20.5. The van der Waals surface area contributed by atoms with E-state index in [9.17, 15) is 14.3 Å². The number of carboxylic acid groups (broad SMARTS) is 1. The number of hydrogen-bond acceptors (Lipinski definition) is 3. The van der Waals surface area contributed by atoms with Gasteiger partial charge in [0.25, 0.3) is 0 Å². The summed E-state index contributed by atoms with van der Waals surface area (Å²) in [5, 5.41) is 13.8. The Hall–Kier alpha value is -3.12. The number of aromatic amines is 1. The Labute approximate surface area is 170 Å². The number of carboxylic acids is 1. The number of aliphatic imine (C=N–C) groups is 1. The van der Waals surface area contributed by atoms with Gasteiger partial charge in [-0.3, -0.25) is 4.99 Å². The Kier molecular flexibility index (Phi) is 4.17. The number of fused-ring (bicyclic) bond motifs is 2. The Bertz CT molecular complexity index is 1300. The molecular weight excluding hydrogens is 387 g/mol. The molecule has 0 bridgehead atoms. The summed E-state index contributed by atoms with van der Waals surface area (Å²) in [6.07, 6.45) is 0.225. The molecule has 0 amide bonds. The van der Waals surface area contributed by atoms with Gasteiger partial charge in [0, 0.05) is 28.9 Å². The minimum atomic E-state index is -1.24. The SMILES string of the molecule is O=C(O)C1(Cc2cc3ccc(F)cc3[nH]2)CSC(c2ccc3ccccc3c2)=N1. The second kappa shape index (κ2) is 6.74. The van der Waals surface area contributed by atoms with Gasteiger partial charge in [0.15, 0.2) is 5.54 Å². The molecular formula is C23H17FN2O2S. The molecule has 4 aromatic rings. The number of aromatic nitrogens is 1. The molecule has 2 heterocycles. The highest BCUT2D eigenvalue weighted by atomic mass is 32.2. The van der Waals surface area contributed by atoms with Crippen molar-refractivity contribution in [2.75, 3.05) is 5.75 Å². The number of halogens is 1. The third-order valence-electron chi connectivity index (χ3n) is 5.28. The van der Waals surface area contributed by atoms with Crippen molar-refractivity contribution in [2.45, 2.75) is 12.0 Å². The van der Waals surface area contributed by atoms with Gasteiger partial charge in [-0.05, 0) is 46.5 Å². The van der Waals surface area contributed by atoms with Gasteiger partial charge in [-0.15, -0.1) is 11.8 Å². The topological polar surface area (TPSA) is 65.4 Å². The van der Waals surface area contributed by atoms with E-state index < -0.39 is 11.5 Å². The number of aliphatic carboxylic acids is 1. The minimum Gasteiger partial charge on any atom is -0.479 e. The van der Waals surface area contributed by atoms with Crippen LogP contribution in [0.5, 0.6) is 0 Å². The van der Waals surface area contributed by atoms with E-state index >= 15 is 0 Å². The lowest BCUT2D eigenvalue weighted by Gasteiger charge is -2.19. The number of H-pyrrole nitrogens is 1. The summed E-state index contributed by atoms with van der Waals surface area (Å²) in [6.45, 7) is 0. The number of benzene rings is 3. The van der Waals surface area contributed by atoms with E-state index in [-0.39, 0.29) is 12.2 Å². The fourth-order valence-electron chi connectivity index (χ4n) is 3.76. The largest absolute Gasteiger partial charge is 0.479 e. The third-order valence-corrected chi connectivity index (χ3v) is 6.50. The summed E-state index contributed by atoms with van der Waals surface area (Å²) in [4.78, 5) is 20.0. The van der Waals surface area contributed by atoms with E-state index in [1.54, 1.807) is 6.07 Å². The molecule has 1 aliphatic rings. The zero-order valence-corrected chi connectivity index (χ0v) is 16.2. The molecule has 0 spiro atoms. The van der Waals surface area contributed by atoms with Crippen LogP contribution in [0, 0.1) is 5.82 Å². The third kappa shape index (κ3) is 3.19. The Morgan fingerprint density at radius 2 is 1.86 bits per heavy atom. The number of hydrogen-bond donors (Lipinski definition) is 2. The minimum absolute atomic E-state index is 0.225. The van der Waals surface area contributed by atoms with Crippen LogP contribution in [0.1, 0.15) is 11.3 Å². The molecule has 0 saturated heterocycles. The van der Waals surface area contributed by atoms with Crippen molar-refractivity contribution in [3.63, 3.8) is 0 Å². The predicted octanol–water partition coefficient (Wildman–Crippen LogP) is 5.02. The molecule has 1 aromatic heterocycles. The lowest BCUT2D eigenvalue weighted by Crippen LogP contribution is -2.39. The van der Waals surface area contributed by atoms with Crippen LogP contribution in [0.4, 0.5) is 4.39 Å². The number of carbonyl (C=O) groups is 1. The maximum atomic E-state index is 13.5. The number of thioether (sulfide) groups is 1. The van der Waals surface area contributed by atoms with E-state index in [0.717, 1.165) is 32.5 Å². The molecule has 0 aliphatic carbocycles. The molecule has 0 fully saturated rings. The average molecular weight is 404 g/mol. The van der Waals surface area contributed by atoms with Crippen LogP contribution in [0.25, 0.3) is 21.7 Å². The highest BCUT2D eigenvalue weighted by Gasteiger charge is 2.43. The normalized spacial score (nSPS) is 19.0. The maximum Gasteiger partial charge on any atom is 0.332 e. The molecule has 6 heteroatoms. The van der Waals surface area contributed by atoms with Crippen molar-refractivity contribution in [1.82, 2.24) is 4.98 Å². The number of nitrogens with one attached hydrogen (secondary N) is 1. The number of nitrogens with zero attached hydrogens (tertiary/aromatic N) is 1. The van der Waals surface area contributed by atoms with Gasteiger partial charge in [0.1, 0.15) is 5.82 Å². The summed E-state index contributed by atoms with van der Waals surface area (Å²) in [7, 11) is 0. The maximum absolute atomic E-state index is 13.5. The van der Waals surface area contributed by atoms with Crippen LogP contribution in [0.3, 0.4) is 0 Å². The van der Waals surface area contributed by atoms with Crippen molar-refractivity contribution in [1.29, 1.82) is 0 Å². The van der Waals surface area contributed by atoms with Crippen LogP contribution in [-0.2, 0) is 11.2 Å². The lowest BCUT2D eigenvalue weighted by molar-refractivity contribution is -0.142. The predicted molar refractivity (Wildman–Crippen MR) is 115 cm³/mol. The van der Waals surface area contributed by atoms with E-state index in [2.05, 4.69) is 9.98 Å². The summed E-state index contributed by atoms with van der Waals surface area (Å²) in [5.74, 6) is -0.925. The second-order valence-corrected chi connectivity index (χ2v) is 8.27. The molecule has 29 heavy (non-hydrogen) atoms. The van der Waals surface area contributed by atoms with E-state index in [1.165, 1.54) is 23.9 Å². The van der Waals surface area contributed by atoms with Crippen LogP contribution in [0.15, 0.2) is 71.7 Å². The van der Waals surface area contributed by atoms with Crippen LogP contribution in [-0.4, -0.2) is 32.4 Å². The highest BCUT2D eigenvalue weighted by molar-refractivity contribution is 8.14. The van der Waals surface area contributed by atoms with Gasteiger partial charge >= 0.3 is 5.97 Å². The molecule has 1 atom stereocenters. The first-order valence-corrected chi connectivity index (χ1v) is 10.2. The first-order valence-electron chi connectivity index (χ1n) is 9.25. The van der Waals surface area contributed by atoms with Crippen molar-refractivity contribution in [3.05, 3.63) is 83.8 Å². The summed E-state index contributed by atoms with van der Waals surface area (Å²) >= 11 is 1.46. The first-order chi connectivity index (χ1) is 14.0. The molecule has 3 aromatic carbocycles. The van der Waals surface area contributed by atoms with Gasteiger partial charge in [-0.25, -0.2) is 9.18 Å². The summed E-state index contributed by atoms with van der Waals surface area (Å²) < 4.78 is 13.5. The van der Waals surface area contributed by atoms with Crippen LogP contribution >= 0.6 is 11.8 Å². The highest BCUT2D eigenvalue weighted by Crippen LogP contribution is 2.35. The van der Waals surface area contributed by atoms with Crippen molar-refractivity contribution in [3.8, 4) is 0 Å². The zero-order chi connectivity index (χ0) is 20.0. The second-order valence-electron chi connectivity index (χ2n) is 7.31. The fraction of sp³-hybridized carbons (Fsp3) is 0.130. The van der Waals surface area contributed by atoms with Crippen molar-refractivity contribution >= 4 is 44.5 Å². The standard InChI is InChI=1S/C23H17FN2O2S/c24-18-8-7-16-10-19(25-20(16)11-18)12-23(22(27)28)13-29-21(26-23)17-6-5-14-3-1-2-4-15(14)9-17/h1-11,25H,12-13H2,(H,27,28). The van der Waals surface area contributed by atoms with Gasteiger partial charge in [0.05, 0.1) is 5.04 Å². The van der Waals surface area contributed by atoms with Crippen molar-refractivity contribution < 1.29 is 14.3 Å². The quantitative estimate of drug-likeness (QED) is 0.502. The molecule has 5 rings (SSSR count). The molecule has 1 unspecified atom stereocenters. The Morgan fingerprint density at radius 3 is 2.69 bits per heavy atom. The van der Waals surface area contributed by atoms with E-state index in [1.807, 2.05) is 48.5 Å². The van der Waals surface area contributed by atoms with Gasteiger partial charge < -0.3 is 10.1 Å². The van der Waals surface area contributed by atoms with Gasteiger partial charge in [-0.2, -0.15) is 0 Å². The number of rotatable bonds is 4. The van der Waals surface area contributed by atoms with Crippen LogP contribution in [0.2, 0.25) is 0 Å². The molecule has 0 radical (unpaired) electrons. The van der Waals surface area contributed by atoms with Gasteiger partial charge in [0.2, 0.25) is 0 Å². The first kappa shape index (κ1) is 17.9. The zero-order valence-electron chi connectivity index (χ0n) is 15.4. The molecule has 4 nitrogen and oxygen atoms in total. The Morgan fingerprint density at radius 1 is 1.07 bits per heavy atom. The molecule has 1 aliphatic heterocycles. The fourth-order valence-corrected chi connectivity index (χ4v) is 4.96. The van der Waals surface area contributed by atoms with E-state index in [4.69, 9.17) is 0 Å². The van der Waals surface area contributed by atoms with E-state index in [0.29, 0.717) is 11.3 Å². The molecule has 2 N–H and O–H groups in total. The smallest absolute Gasteiger partial charge is 0.332 e. The monoisotopic (exact) mass is 404 g/mol. The summed E-state index contributed by atoms with van der Waals surface area (Å²) in [5.41, 5.74) is 1.07. The van der Waals surface area contributed by atoms with Gasteiger partial charge in [-0.1, -0.05) is 36.4 Å². The molecule has 144 valence electrons. The van der Waals surface area contributed by atoms with Crippen molar-refractivity contribution in [2.24, 2.45) is 4.99 Å². The molecule has 0 saturated carbocycles. The average Bonchev–Trinajstić information content (AvgIpc) is 3.32. The lowest BCUT2D eigenvalue weighted by atomic mass is 9.96.